The Morgan fingerprint density at radius 1 is 1.24 bits per heavy atom. The van der Waals surface area contributed by atoms with Crippen LogP contribution in [0.25, 0.3) is 11.1 Å². The molecule has 2 aromatic carbocycles. The number of oxazole rings is 1. The zero-order chi connectivity index (χ0) is 15.0. The largest absolute Gasteiger partial charge is 0.420 e. The van der Waals surface area contributed by atoms with Crippen LogP contribution in [0.3, 0.4) is 0 Å². The molecule has 1 unspecified atom stereocenters. The maximum Gasteiger partial charge on any atom is 0.420 e. The number of benzene rings is 2. The van der Waals surface area contributed by atoms with Gasteiger partial charge in [0, 0.05) is 5.02 Å². The van der Waals surface area contributed by atoms with E-state index in [0.717, 1.165) is 5.56 Å². The van der Waals surface area contributed by atoms with Crippen LogP contribution in [0.15, 0.2) is 51.7 Å². The van der Waals surface area contributed by atoms with Gasteiger partial charge in [-0.1, -0.05) is 29.8 Å². The molecule has 3 rings (SSSR count). The number of hydrogen-bond donors (Lipinski definition) is 1. The first-order valence-electron chi connectivity index (χ1n) is 6.58. The van der Waals surface area contributed by atoms with E-state index >= 15 is 0 Å². The fourth-order valence-corrected chi connectivity index (χ4v) is 2.43. The second-order valence-corrected chi connectivity index (χ2v) is 5.45. The van der Waals surface area contributed by atoms with Crippen LogP contribution in [0.1, 0.15) is 17.2 Å². The van der Waals surface area contributed by atoms with Crippen LogP contribution in [0.4, 0.5) is 0 Å². The molecule has 0 saturated heterocycles. The van der Waals surface area contributed by atoms with Gasteiger partial charge in [-0.05, 0) is 42.3 Å². The molecule has 1 atom stereocenters. The van der Waals surface area contributed by atoms with Crippen molar-refractivity contribution in [3.8, 4) is 0 Å². The zero-order valence-electron chi connectivity index (χ0n) is 11.4. The van der Waals surface area contributed by atoms with Crippen LogP contribution in [-0.4, -0.2) is 9.67 Å². The van der Waals surface area contributed by atoms with E-state index in [2.05, 4.69) is 0 Å². The number of aryl methyl sites for hydroxylation is 1. The van der Waals surface area contributed by atoms with Crippen LogP contribution < -0.4 is 5.76 Å². The molecule has 0 saturated carbocycles. The zero-order valence-corrected chi connectivity index (χ0v) is 12.2. The molecule has 1 aromatic heterocycles. The normalized spacial score (nSPS) is 12.7. The van der Waals surface area contributed by atoms with E-state index in [9.17, 15) is 9.90 Å². The summed E-state index contributed by atoms with van der Waals surface area (Å²) in [5, 5.41) is 10.9. The number of aliphatic hydroxyl groups is 1. The average molecular weight is 304 g/mol. The summed E-state index contributed by atoms with van der Waals surface area (Å²) < 4.78 is 6.63. The quantitative estimate of drug-likeness (QED) is 0.808. The Bertz CT molecular complexity index is 833. The molecule has 1 N–H and O–H groups in total. The third-order valence-electron chi connectivity index (χ3n) is 3.43. The van der Waals surface area contributed by atoms with Crippen molar-refractivity contribution in [1.29, 1.82) is 0 Å². The fourth-order valence-electron chi connectivity index (χ4n) is 2.31. The lowest BCUT2D eigenvalue weighted by molar-refractivity contribution is 0.155. The van der Waals surface area contributed by atoms with Gasteiger partial charge in [-0.3, -0.25) is 4.57 Å². The van der Waals surface area contributed by atoms with Crippen LogP contribution in [0.5, 0.6) is 0 Å². The van der Waals surface area contributed by atoms with Gasteiger partial charge in [-0.25, -0.2) is 4.79 Å². The summed E-state index contributed by atoms with van der Waals surface area (Å²) in [6.45, 7) is 2.08. The van der Waals surface area contributed by atoms with E-state index in [1.807, 2.05) is 19.1 Å². The minimum Gasteiger partial charge on any atom is -0.408 e. The topological polar surface area (TPSA) is 55.4 Å². The Labute approximate surface area is 126 Å². The number of halogens is 1. The highest BCUT2D eigenvalue weighted by atomic mass is 35.5. The summed E-state index contributed by atoms with van der Waals surface area (Å²) in [6.07, 6.45) is -0.804. The fraction of sp³-hybridized carbons (Fsp3) is 0.188. The van der Waals surface area contributed by atoms with E-state index < -0.39 is 11.9 Å². The Kier molecular flexibility index (Phi) is 3.57. The number of rotatable bonds is 3. The van der Waals surface area contributed by atoms with Crippen molar-refractivity contribution in [1.82, 2.24) is 4.57 Å². The lowest BCUT2D eigenvalue weighted by Gasteiger charge is -2.11. The summed E-state index contributed by atoms with van der Waals surface area (Å²) in [4.78, 5) is 11.9. The molecule has 1 heterocycles. The number of nitrogens with zero attached hydrogens (tertiary/aromatic N) is 1. The number of aliphatic hydroxyl groups excluding tert-OH is 1. The highest BCUT2D eigenvalue weighted by Gasteiger charge is 2.14. The number of hydrogen-bond acceptors (Lipinski definition) is 3. The summed E-state index contributed by atoms with van der Waals surface area (Å²) in [6, 6.07) is 12.4. The molecule has 3 aromatic rings. The Morgan fingerprint density at radius 3 is 2.67 bits per heavy atom. The lowest BCUT2D eigenvalue weighted by Crippen LogP contribution is -2.18. The molecule has 4 nitrogen and oxygen atoms in total. The van der Waals surface area contributed by atoms with Gasteiger partial charge >= 0.3 is 5.76 Å². The number of aromatic nitrogens is 1. The van der Waals surface area contributed by atoms with E-state index in [4.69, 9.17) is 16.0 Å². The predicted molar refractivity (Wildman–Crippen MR) is 81.6 cm³/mol. The average Bonchev–Trinajstić information content (AvgIpc) is 2.76. The third-order valence-corrected chi connectivity index (χ3v) is 3.69. The summed E-state index contributed by atoms with van der Waals surface area (Å²) in [5.74, 6) is -0.469. The van der Waals surface area contributed by atoms with Gasteiger partial charge in [0.25, 0.3) is 0 Å². The molecule has 0 spiro atoms. The Hall–Kier alpha value is -2.04. The van der Waals surface area contributed by atoms with Gasteiger partial charge in [-0.15, -0.1) is 0 Å². The highest BCUT2D eigenvalue weighted by molar-refractivity contribution is 6.30. The SMILES string of the molecule is Cc1ccc2oc(=O)n(CC(O)c3ccc(Cl)cc3)c2c1. The van der Waals surface area contributed by atoms with Crippen molar-refractivity contribution in [3.63, 3.8) is 0 Å². The molecular weight excluding hydrogens is 290 g/mol. The van der Waals surface area contributed by atoms with E-state index in [0.29, 0.717) is 21.7 Å². The first kappa shape index (κ1) is 13.9. The van der Waals surface area contributed by atoms with Crippen molar-refractivity contribution < 1.29 is 9.52 Å². The van der Waals surface area contributed by atoms with E-state index in [-0.39, 0.29) is 6.54 Å². The Balaban J connectivity index is 1.97. The lowest BCUT2D eigenvalue weighted by atomic mass is 10.1. The summed E-state index contributed by atoms with van der Waals surface area (Å²) in [7, 11) is 0. The maximum absolute atomic E-state index is 11.9. The minimum atomic E-state index is -0.804. The molecule has 0 aliphatic rings. The van der Waals surface area contributed by atoms with Gasteiger partial charge < -0.3 is 9.52 Å². The van der Waals surface area contributed by atoms with Crippen LogP contribution in [0, 0.1) is 6.92 Å². The second-order valence-electron chi connectivity index (χ2n) is 5.02. The minimum absolute atomic E-state index is 0.136. The van der Waals surface area contributed by atoms with Crippen LogP contribution >= 0.6 is 11.6 Å². The first-order chi connectivity index (χ1) is 10.0. The smallest absolute Gasteiger partial charge is 0.408 e. The molecule has 108 valence electrons. The van der Waals surface area contributed by atoms with Gasteiger partial charge in [0.05, 0.1) is 18.2 Å². The predicted octanol–water partition coefficient (Wildman–Crippen LogP) is 3.29. The molecule has 5 heteroatoms. The van der Waals surface area contributed by atoms with Crippen LogP contribution in [-0.2, 0) is 6.54 Å². The van der Waals surface area contributed by atoms with Crippen molar-refractivity contribution in [2.45, 2.75) is 19.6 Å². The first-order valence-corrected chi connectivity index (χ1v) is 6.96. The second kappa shape index (κ2) is 5.39. The molecule has 0 amide bonds. The van der Waals surface area contributed by atoms with E-state index in [1.54, 1.807) is 30.3 Å². The molecular formula is C16H14ClNO3. The van der Waals surface area contributed by atoms with Crippen LogP contribution in [0.2, 0.25) is 5.02 Å². The highest BCUT2D eigenvalue weighted by Crippen LogP contribution is 2.20. The number of fused-ring (bicyclic) bond motifs is 1. The van der Waals surface area contributed by atoms with Gasteiger partial charge in [0.2, 0.25) is 0 Å². The molecule has 0 aliphatic carbocycles. The molecule has 0 aliphatic heterocycles. The van der Waals surface area contributed by atoms with E-state index in [1.165, 1.54) is 4.57 Å². The van der Waals surface area contributed by atoms with Gasteiger partial charge in [-0.2, -0.15) is 0 Å². The monoisotopic (exact) mass is 303 g/mol. The maximum atomic E-state index is 11.9. The van der Waals surface area contributed by atoms with Gasteiger partial charge in [0.1, 0.15) is 0 Å². The summed E-state index contributed by atoms with van der Waals surface area (Å²) >= 11 is 5.83. The van der Waals surface area contributed by atoms with Crippen molar-refractivity contribution >= 4 is 22.7 Å². The Morgan fingerprint density at radius 2 is 1.95 bits per heavy atom. The summed E-state index contributed by atoms with van der Waals surface area (Å²) in [5.41, 5.74) is 2.94. The standard InChI is InChI=1S/C16H14ClNO3/c1-10-2-7-15-13(8-10)18(16(20)21-15)9-14(19)11-3-5-12(17)6-4-11/h2-8,14,19H,9H2,1H3. The molecule has 0 fully saturated rings. The van der Waals surface area contributed by atoms with Crippen molar-refractivity contribution in [2.75, 3.05) is 0 Å². The molecule has 0 bridgehead atoms. The van der Waals surface area contributed by atoms with Gasteiger partial charge in [0.15, 0.2) is 5.58 Å². The van der Waals surface area contributed by atoms with Crippen molar-refractivity contribution in [3.05, 3.63) is 69.2 Å². The van der Waals surface area contributed by atoms with Crippen molar-refractivity contribution in [2.24, 2.45) is 0 Å². The molecule has 21 heavy (non-hydrogen) atoms. The third kappa shape index (κ3) is 2.73. The molecule has 0 radical (unpaired) electrons.